The summed E-state index contributed by atoms with van der Waals surface area (Å²) in [5.41, 5.74) is 0.520. The van der Waals surface area contributed by atoms with Gasteiger partial charge in [0.05, 0.1) is 18.5 Å². The van der Waals surface area contributed by atoms with Crippen LogP contribution in [0.2, 0.25) is 0 Å². The number of hydrogen-bond donors (Lipinski definition) is 3. The second kappa shape index (κ2) is 12.7. The first-order valence-electron chi connectivity index (χ1n) is 11.6. The van der Waals surface area contributed by atoms with Crippen molar-refractivity contribution in [3.8, 4) is 0 Å². The highest BCUT2D eigenvalue weighted by Crippen LogP contribution is 2.17. The van der Waals surface area contributed by atoms with Crippen molar-refractivity contribution in [2.24, 2.45) is 0 Å². The highest BCUT2D eigenvalue weighted by Gasteiger charge is 2.20. The van der Waals surface area contributed by atoms with E-state index in [0.717, 1.165) is 15.5 Å². The van der Waals surface area contributed by atoms with Gasteiger partial charge >= 0.3 is 17.9 Å². The molecule has 1 aromatic heterocycles. The number of hydrogen-bond acceptors (Lipinski definition) is 8. The molecule has 2 heterocycles. The van der Waals surface area contributed by atoms with Gasteiger partial charge in [0.2, 0.25) is 5.69 Å². The van der Waals surface area contributed by atoms with Crippen LogP contribution in [0.4, 0.5) is 0 Å². The van der Waals surface area contributed by atoms with Crippen molar-refractivity contribution in [2.45, 2.75) is 6.54 Å². The van der Waals surface area contributed by atoms with Crippen molar-refractivity contribution in [1.82, 2.24) is 19.6 Å². The molecule has 1 aliphatic heterocycles. The second-order valence-electron chi connectivity index (χ2n) is 8.65. The van der Waals surface area contributed by atoms with E-state index in [2.05, 4.69) is 0 Å². The molecule has 0 atom stereocenters. The Morgan fingerprint density at radius 2 is 1.28 bits per heavy atom. The van der Waals surface area contributed by atoms with Gasteiger partial charge in [-0.2, -0.15) is 4.73 Å². The predicted octanol–water partition coefficient (Wildman–Crippen LogP) is -0.0802. The molecule has 194 valence electrons. The van der Waals surface area contributed by atoms with Crippen LogP contribution >= 0.6 is 0 Å². The Labute approximate surface area is 208 Å². The maximum atomic E-state index is 12.7. The summed E-state index contributed by atoms with van der Waals surface area (Å²) < 4.78 is 0.806. The molecule has 3 rings (SSSR count). The molecule has 36 heavy (non-hydrogen) atoms. The lowest BCUT2D eigenvalue weighted by Crippen LogP contribution is -2.45. The number of carbonyl (C=O) groups is 3. The van der Waals surface area contributed by atoms with Crippen LogP contribution in [0, 0.1) is 5.21 Å². The molecule has 0 fully saturated rings. The lowest BCUT2D eigenvalue weighted by atomic mass is 10.1. The first kappa shape index (κ1) is 26.7. The van der Waals surface area contributed by atoms with Crippen molar-refractivity contribution in [3.63, 3.8) is 0 Å². The fourth-order valence-electron chi connectivity index (χ4n) is 4.13. The third-order valence-electron chi connectivity index (χ3n) is 5.96. The standard InChI is InChI=1S/C24H31N5O7/c30-22(31)16-26-9-7-25(15-21-20-4-2-1-3-19(20)5-6-29(21)36)8-10-27(17-23(32)33)12-14-28(13-11-26)18-24(34)35/h1-7,9H,8,10-18H2,(H,30,31)(H,32,33)(H,34,35)/b9-7-. The smallest absolute Gasteiger partial charge is 0.323 e. The summed E-state index contributed by atoms with van der Waals surface area (Å²) in [4.78, 5) is 41.0. The van der Waals surface area contributed by atoms with E-state index in [0.29, 0.717) is 31.9 Å². The van der Waals surface area contributed by atoms with Crippen LogP contribution in [-0.4, -0.2) is 112 Å². The van der Waals surface area contributed by atoms with E-state index in [4.69, 9.17) is 0 Å². The van der Waals surface area contributed by atoms with Crippen LogP contribution in [0.15, 0.2) is 48.9 Å². The molecule has 12 nitrogen and oxygen atoms in total. The molecule has 0 spiro atoms. The average Bonchev–Trinajstić information content (AvgIpc) is 2.81. The summed E-state index contributed by atoms with van der Waals surface area (Å²) in [6, 6.07) is 9.26. The third-order valence-corrected chi connectivity index (χ3v) is 5.96. The Kier molecular flexibility index (Phi) is 9.42. The van der Waals surface area contributed by atoms with Gasteiger partial charge in [-0.15, -0.1) is 0 Å². The number of benzene rings is 1. The SMILES string of the molecule is O=C(O)CN1/C=C\N(Cc2c3ccccc3cc[n+]2[O-])CCN(CC(=O)O)CCN(CC(=O)O)CC1. The normalized spacial score (nSPS) is 17.3. The Bertz CT molecular complexity index is 1110. The van der Waals surface area contributed by atoms with E-state index < -0.39 is 17.9 Å². The van der Waals surface area contributed by atoms with Crippen LogP contribution in [0.25, 0.3) is 10.8 Å². The van der Waals surface area contributed by atoms with Gasteiger partial charge in [0.25, 0.3) is 0 Å². The van der Waals surface area contributed by atoms with Crippen molar-refractivity contribution in [2.75, 3.05) is 58.9 Å². The van der Waals surface area contributed by atoms with Gasteiger partial charge in [-0.25, -0.2) is 0 Å². The Morgan fingerprint density at radius 3 is 1.89 bits per heavy atom. The van der Waals surface area contributed by atoms with Gasteiger partial charge in [0, 0.05) is 57.7 Å². The van der Waals surface area contributed by atoms with Gasteiger partial charge < -0.3 is 30.3 Å². The van der Waals surface area contributed by atoms with E-state index in [1.807, 2.05) is 29.2 Å². The van der Waals surface area contributed by atoms with E-state index >= 15 is 0 Å². The van der Waals surface area contributed by atoms with Crippen molar-refractivity contribution < 1.29 is 34.4 Å². The fraction of sp³-hybridized carbons (Fsp3) is 0.417. The van der Waals surface area contributed by atoms with Crippen LogP contribution in [-0.2, 0) is 20.9 Å². The van der Waals surface area contributed by atoms with Crippen molar-refractivity contribution in [3.05, 3.63) is 59.8 Å². The quantitative estimate of drug-likeness (QED) is 0.329. The molecule has 0 bridgehead atoms. The van der Waals surface area contributed by atoms with Gasteiger partial charge in [0.15, 0.2) is 6.20 Å². The van der Waals surface area contributed by atoms with Crippen LogP contribution in [0.5, 0.6) is 0 Å². The third kappa shape index (κ3) is 8.10. The Balaban J connectivity index is 1.90. The summed E-state index contributed by atoms with van der Waals surface area (Å²) >= 11 is 0. The molecule has 0 unspecified atom stereocenters. The number of pyridine rings is 1. The molecule has 0 amide bonds. The van der Waals surface area contributed by atoms with Gasteiger partial charge in [-0.05, 0) is 11.5 Å². The fourth-order valence-corrected chi connectivity index (χ4v) is 4.13. The number of carboxylic acids is 3. The monoisotopic (exact) mass is 501 g/mol. The van der Waals surface area contributed by atoms with Crippen LogP contribution < -0.4 is 4.73 Å². The van der Waals surface area contributed by atoms with E-state index in [1.54, 1.807) is 33.2 Å². The molecule has 0 aliphatic carbocycles. The summed E-state index contributed by atoms with van der Waals surface area (Å²) in [6.45, 7) is 1.42. The minimum absolute atomic E-state index is 0.209. The maximum Gasteiger partial charge on any atom is 0.323 e. The average molecular weight is 502 g/mol. The molecular weight excluding hydrogens is 470 g/mol. The lowest BCUT2D eigenvalue weighted by molar-refractivity contribution is -0.613. The van der Waals surface area contributed by atoms with E-state index in [9.17, 15) is 34.9 Å². The van der Waals surface area contributed by atoms with Crippen LogP contribution in [0.1, 0.15) is 5.69 Å². The van der Waals surface area contributed by atoms with E-state index in [1.165, 1.54) is 6.20 Å². The largest absolute Gasteiger partial charge is 0.618 e. The topological polar surface area (TPSA) is 152 Å². The van der Waals surface area contributed by atoms with Crippen molar-refractivity contribution in [1.29, 1.82) is 0 Å². The molecule has 0 saturated heterocycles. The molecule has 2 aromatic rings. The first-order valence-corrected chi connectivity index (χ1v) is 11.6. The van der Waals surface area contributed by atoms with Crippen molar-refractivity contribution >= 4 is 28.7 Å². The lowest BCUT2D eigenvalue weighted by Gasteiger charge is -2.31. The molecular formula is C24H31N5O7. The summed E-state index contributed by atoms with van der Waals surface area (Å²) in [7, 11) is 0. The molecule has 1 aromatic carbocycles. The number of nitrogens with zero attached hydrogens (tertiary/aromatic N) is 5. The number of rotatable bonds is 8. The highest BCUT2D eigenvalue weighted by atomic mass is 16.5. The minimum Gasteiger partial charge on any atom is -0.618 e. The highest BCUT2D eigenvalue weighted by molar-refractivity contribution is 5.83. The van der Waals surface area contributed by atoms with Gasteiger partial charge in [-0.1, -0.05) is 18.2 Å². The molecule has 0 radical (unpaired) electrons. The summed E-state index contributed by atoms with van der Waals surface area (Å²) in [5, 5.41) is 42.3. The molecule has 3 N–H and O–H groups in total. The van der Waals surface area contributed by atoms with Gasteiger partial charge in [-0.3, -0.25) is 24.2 Å². The number of carboxylic acid groups (broad SMARTS) is 3. The maximum absolute atomic E-state index is 12.7. The number of fused-ring (bicyclic) bond motifs is 1. The second-order valence-corrected chi connectivity index (χ2v) is 8.65. The van der Waals surface area contributed by atoms with Gasteiger partial charge in [0.1, 0.15) is 13.1 Å². The Hall–Kier alpha value is -3.90. The van der Waals surface area contributed by atoms with E-state index in [-0.39, 0.29) is 39.3 Å². The Morgan fingerprint density at radius 1 is 0.750 bits per heavy atom. The molecule has 1 aliphatic rings. The molecule has 12 heteroatoms. The summed E-state index contributed by atoms with van der Waals surface area (Å²) in [5.74, 6) is -3.03. The first-order chi connectivity index (χ1) is 17.2. The zero-order chi connectivity index (χ0) is 26.1. The molecule has 0 saturated carbocycles. The number of aromatic nitrogens is 1. The zero-order valence-electron chi connectivity index (χ0n) is 19.9. The minimum atomic E-state index is -1.03. The number of aliphatic carboxylic acids is 3. The predicted molar refractivity (Wildman–Crippen MR) is 130 cm³/mol. The zero-order valence-corrected chi connectivity index (χ0v) is 19.9. The summed E-state index contributed by atoms with van der Waals surface area (Å²) in [6.07, 6.45) is 4.77. The van der Waals surface area contributed by atoms with Crippen LogP contribution in [0.3, 0.4) is 0 Å².